The molecule has 0 unspecified atom stereocenters. The Hall–Kier alpha value is -1.59. The molecular formula is C15H24N4O. The van der Waals surface area contributed by atoms with E-state index in [1.165, 1.54) is 0 Å². The van der Waals surface area contributed by atoms with E-state index < -0.39 is 0 Å². The Balaban J connectivity index is 1.90. The molecule has 1 aromatic carbocycles. The zero-order chi connectivity index (χ0) is 14.5. The van der Waals surface area contributed by atoms with Crippen LogP contribution in [0.4, 0.5) is 5.69 Å². The Labute approximate surface area is 120 Å². The van der Waals surface area contributed by atoms with Crippen molar-refractivity contribution in [1.29, 1.82) is 0 Å². The maximum Gasteiger partial charge on any atom is 0.253 e. The van der Waals surface area contributed by atoms with E-state index >= 15 is 0 Å². The fourth-order valence-corrected chi connectivity index (χ4v) is 2.54. The number of nitrogen functional groups attached to an aromatic ring is 1. The van der Waals surface area contributed by atoms with Crippen LogP contribution in [0.15, 0.2) is 24.3 Å². The van der Waals surface area contributed by atoms with Crippen molar-refractivity contribution >= 4 is 11.6 Å². The number of rotatable bonds is 4. The molecule has 1 amide bonds. The number of carbonyl (C=O) groups excluding carboxylic acids is 1. The third-order valence-electron chi connectivity index (χ3n) is 3.58. The minimum atomic E-state index is 0.109. The first-order chi connectivity index (χ1) is 9.60. The minimum absolute atomic E-state index is 0.109. The third-order valence-corrected chi connectivity index (χ3v) is 3.58. The number of carbonyl (C=O) groups is 1. The molecule has 1 fully saturated rings. The van der Waals surface area contributed by atoms with Gasteiger partial charge in [-0.05, 0) is 30.2 Å². The molecular weight excluding hydrogens is 252 g/mol. The van der Waals surface area contributed by atoms with Crippen molar-refractivity contribution in [1.82, 2.24) is 9.80 Å². The number of piperazine rings is 1. The Bertz CT molecular complexity index is 436. The molecule has 1 aromatic rings. The van der Waals surface area contributed by atoms with Gasteiger partial charge in [-0.15, -0.1) is 0 Å². The van der Waals surface area contributed by atoms with Crippen molar-refractivity contribution in [2.75, 3.05) is 38.1 Å². The molecule has 1 aliphatic rings. The largest absolute Gasteiger partial charge is 0.336 e. The van der Waals surface area contributed by atoms with Gasteiger partial charge in [0.25, 0.3) is 5.91 Å². The van der Waals surface area contributed by atoms with Gasteiger partial charge in [-0.2, -0.15) is 0 Å². The van der Waals surface area contributed by atoms with E-state index in [0.717, 1.165) is 44.0 Å². The topological polar surface area (TPSA) is 61.6 Å². The maximum atomic E-state index is 12.4. The fourth-order valence-electron chi connectivity index (χ4n) is 2.54. The summed E-state index contributed by atoms with van der Waals surface area (Å²) >= 11 is 0. The molecule has 5 heteroatoms. The lowest BCUT2D eigenvalue weighted by atomic mass is 10.1. The molecule has 0 radical (unpaired) electrons. The number of hydrogen-bond acceptors (Lipinski definition) is 4. The van der Waals surface area contributed by atoms with Crippen LogP contribution in [0, 0.1) is 5.92 Å². The maximum absolute atomic E-state index is 12.4. The van der Waals surface area contributed by atoms with E-state index in [1.807, 2.05) is 29.2 Å². The molecule has 0 atom stereocenters. The number of nitrogens with one attached hydrogen (secondary N) is 1. The zero-order valence-corrected chi connectivity index (χ0v) is 12.3. The number of amides is 1. The molecule has 1 aliphatic heterocycles. The van der Waals surface area contributed by atoms with Gasteiger partial charge in [0.1, 0.15) is 0 Å². The summed E-state index contributed by atoms with van der Waals surface area (Å²) in [6.07, 6.45) is 0. The normalized spacial score (nSPS) is 16.5. The lowest BCUT2D eigenvalue weighted by Gasteiger charge is -2.35. The first-order valence-corrected chi connectivity index (χ1v) is 7.18. The average molecular weight is 276 g/mol. The van der Waals surface area contributed by atoms with Crippen molar-refractivity contribution in [2.24, 2.45) is 11.8 Å². The van der Waals surface area contributed by atoms with Gasteiger partial charge in [-0.25, -0.2) is 0 Å². The fraction of sp³-hybridized carbons (Fsp3) is 0.533. The van der Waals surface area contributed by atoms with Gasteiger partial charge in [0.2, 0.25) is 0 Å². The van der Waals surface area contributed by atoms with E-state index in [9.17, 15) is 4.79 Å². The number of hydrazine groups is 1. The molecule has 1 saturated heterocycles. The van der Waals surface area contributed by atoms with E-state index in [0.29, 0.717) is 5.92 Å². The van der Waals surface area contributed by atoms with Gasteiger partial charge in [0, 0.05) is 44.0 Å². The van der Waals surface area contributed by atoms with Crippen molar-refractivity contribution < 1.29 is 4.79 Å². The smallest absolute Gasteiger partial charge is 0.253 e. The van der Waals surface area contributed by atoms with Crippen LogP contribution in [-0.4, -0.2) is 48.4 Å². The summed E-state index contributed by atoms with van der Waals surface area (Å²) in [4.78, 5) is 16.7. The molecule has 110 valence electrons. The average Bonchev–Trinajstić information content (AvgIpc) is 2.47. The van der Waals surface area contributed by atoms with Crippen LogP contribution in [0.25, 0.3) is 0 Å². The summed E-state index contributed by atoms with van der Waals surface area (Å²) in [5.41, 5.74) is 4.10. The molecule has 3 N–H and O–H groups in total. The first-order valence-electron chi connectivity index (χ1n) is 7.18. The summed E-state index contributed by atoms with van der Waals surface area (Å²) in [6.45, 7) is 9.11. The molecule has 20 heavy (non-hydrogen) atoms. The van der Waals surface area contributed by atoms with Crippen LogP contribution >= 0.6 is 0 Å². The van der Waals surface area contributed by atoms with Crippen LogP contribution < -0.4 is 11.3 Å². The van der Waals surface area contributed by atoms with Crippen molar-refractivity contribution in [3.63, 3.8) is 0 Å². The highest BCUT2D eigenvalue weighted by Gasteiger charge is 2.22. The van der Waals surface area contributed by atoms with Crippen LogP contribution in [0.3, 0.4) is 0 Å². The number of nitrogens with zero attached hydrogens (tertiary/aromatic N) is 2. The second-order valence-corrected chi connectivity index (χ2v) is 5.71. The summed E-state index contributed by atoms with van der Waals surface area (Å²) in [5, 5.41) is 0. The van der Waals surface area contributed by atoms with Crippen LogP contribution in [-0.2, 0) is 0 Å². The standard InChI is InChI=1S/C15H24N4O/c1-12(2)11-18-7-9-19(10-8-18)15(20)13-3-5-14(17-16)6-4-13/h3-6,12,17H,7-11,16H2,1-2H3. The summed E-state index contributed by atoms with van der Waals surface area (Å²) in [7, 11) is 0. The highest BCUT2D eigenvalue weighted by molar-refractivity contribution is 5.94. The predicted molar refractivity (Wildman–Crippen MR) is 81.4 cm³/mol. The Morgan fingerprint density at radius 3 is 2.30 bits per heavy atom. The van der Waals surface area contributed by atoms with Crippen LogP contribution in [0.2, 0.25) is 0 Å². The lowest BCUT2D eigenvalue weighted by Crippen LogP contribution is -2.49. The van der Waals surface area contributed by atoms with Gasteiger partial charge in [0.15, 0.2) is 0 Å². The van der Waals surface area contributed by atoms with Crippen LogP contribution in [0.1, 0.15) is 24.2 Å². The second-order valence-electron chi connectivity index (χ2n) is 5.71. The number of nitrogens with two attached hydrogens (primary N) is 1. The molecule has 5 nitrogen and oxygen atoms in total. The van der Waals surface area contributed by atoms with Gasteiger partial charge in [-0.3, -0.25) is 15.5 Å². The van der Waals surface area contributed by atoms with Crippen LogP contribution in [0.5, 0.6) is 0 Å². The molecule has 0 saturated carbocycles. The zero-order valence-electron chi connectivity index (χ0n) is 12.3. The minimum Gasteiger partial charge on any atom is -0.336 e. The van der Waals surface area contributed by atoms with E-state index in [2.05, 4.69) is 24.2 Å². The van der Waals surface area contributed by atoms with E-state index in [4.69, 9.17) is 5.84 Å². The summed E-state index contributed by atoms with van der Waals surface area (Å²) in [6, 6.07) is 7.28. The predicted octanol–water partition coefficient (Wildman–Crippen LogP) is 1.39. The molecule has 2 rings (SSSR count). The Kier molecular flexibility index (Phi) is 4.98. The monoisotopic (exact) mass is 276 g/mol. The SMILES string of the molecule is CC(C)CN1CCN(C(=O)c2ccc(NN)cc2)CC1. The quantitative estimate of drug-likeness (QED) is 0.644. The Morgan fingerprint density at radius 2 is 1.80 bits per heavy atom. The lowest BCUT2D eigenvalue weighted by molar-refractivity contribution is 0.0624. The first kappa shape index (κ1) is 14.8. The van der Waals surface area contributed by atoms with Crippen molar-refractivity contribution in [3.05, 3.63) is 29.8 Å². The number of benzene rings is 1. The molecule has 0 bridgehead atoms. The van der Waals surface area contributed by atoms with Gasteiger partial charge >= 0.3 is 0 Å². The van der Waals surface area contributed by atoms with Gasteiger partial charge < -0.3 is 10.3 Å². The highest BCUT2D eigenvalue weighted by atomic mass is 16.2. The highest BCUT2D eigenvalue weighted by Crippen LogP contribution is 2.13. The number of hydrogen-bond donors (Lipinski definition) is 2. The molecule has 1 heterocycles. The molecule has 0 aromatic heterocycles. The summed E-state index contributed by atoms with van der Waals surface area (Å²) in [5.74, 6) is 6.11. The third kappa shape index (κ3) is 3.71. The second kappa shape index (κ2) is 6.72. The van der Waals surface area contributed by atoms with Crippen molar-refractivity contribution in [3.8, 4) is 0 Å². The summed E-state index contributed by atoms with van der Waals surface area (Å²) < 4.78 is 0. The van der Waals surface area contributed by atoms with Gasteiger partial charge in [-0.1, -0.05) is 13.8 Å². The van der Waals surface area contributed by atoms with E-state index in [1.54, 1.807) is 0 Å². The molecule has 0 spiro atoms. The molecule has 0 aliphatic carbocycles. The van der Waals surface area contributed by atoms with Gasteiger partial charge in [0.05, 0.1) is 0 Å². The van der Waals surface area contributed by atoms with Crippen molar-refractivity contribution in [2.45, 2.75) is 13.8 Å². The van der Waals surface area contributed by atoms with E-state index in [-0.39, 0.29) is 5.91 Å². The number of anilines is 1. The Morgan fingerprint density at radius 1 is 1.20 bits per heavy atom.